The van der Waals surface area contributed by atoms with Crippen molar-refractivity contribution in [3.8, 4) is 17.0 Å². The fraction of sp³-hybridized carbons (Fsp3) is 0.407. The van der Waals surface area contributed by atoms with Gasteiger partial charge in [0.15, 0.2) is 0 Å². The zero-order chi connectivity index (χ0) is 23.5. The molecule has 4 unspecified atom stereocenters. The summed E-state index contributed by atoms with van der Waals surface area (Å²) in [4.78, 5) is 14.9. The summed E-state index contributed by atoms with van der Waals surface area (Å²) in [5.41, 5.74) is 4.51. The van der Waals surface area contributed by atoms with E-state index in [4.69, 9.17) is 9.84 Å². The van der Waals surface area contributed by atoms with Crippen LogP contribution in [0.25, 0.3) is 11.3 Å². The second-order valence-electron chi connectivity index (χ2n) is 9.40. The molecule has 0 radical (unpaired) electrons. The number of urea groups is 1. The number of piperidine rings is 3. The third kappa shape index (κ3) is 4.80. The Hall–Kier alpha value is -3.32. The predicted octanol–water partition coefficient (Wildman–Crippen LogP) is 3.77. The molecule has 34 heavy (non-hydrogen) atoms. The van der Waals surface area contributed by atoms with E-state index in [1.54, 1.807) is 7.11 Å². The zero-order valence-electron chi connectivity index (χ0n) is 19.9. The van der Waals surface area contributed by atoms with Crippen molar-refractivity contribution in [3.63, 3.8) is 0 Å². The first-order chi connectivity index (χ1) is 16.6. The number of aryl methyl sites for hydroxylation is 1. The van der Waals surface area contributed by atoms with Gasteiger partial charge in [-0.15, -0.1) is 0 Å². The summed E-state index contributed by atoms with van der Waals surface area (Å²) in [5.74, 6) is 1.94. The van der Waals surface area contributed by atoms with Crippen LogP contribution >= 0.6 is 0 Å². The topological polar surface area (TPSA) is 71.4 Å². The van der Waals surface area contributed by atoms with Gasteiger partial charge in [-0.2, -0.15) is 5.10 Å². The number of carbonyl (C=O) groups is 1. The highest BCUT2D eigenvalue weighted by molar-refractivity contribution is 5.73. The quantitative estimate of drug-likeness (QED) is 0.564. The number of hydrogen-bond donors (Lipinski definition) is 2. The van der Waals surface area contributed by atoms with Crippen molar-refractivity contribution in [2.24, 2.45) is 13.0 Å². The Balaban J connectivity index is 1.18. The van der Waals surface area contributed by atoms with Crippen LogP contribution in [0.15, 0.2) is 60.7 Å². The van der Waals surface area contributed by atoms with E-state index in [9.17, 15) is 4.79 Å². The molecule has 3 aromatic rings. The fourth-order valence-corrected chi connectivity index (χ4v) is 5.47. The average Bonchev–Trinajstić information content (AvgIpc) is 3.28. The maximum absolute atomic E-state index is 12.3. The number of carbonyl (C=O) groups excluding carboxylic acids is 1. The highest BCUT2D eigenvalue weighted by Gasteiger charge is 2.41. The van der Waals surface area contributed by atoms with Crippen molar-refractivity contribution in [1.29, 1.82) is 0 Å². The molecular weight excluding hydrogens is 426 g/mol. The van der Waals surface area contributed by atoms with Gasteiger partial charge in [-0.1, -0.05) is 30.3 Å². The Morgan fingerprint density at radius 3 is 2.62 bits per heavy atom. The molecule has 2 bridgehead atoms. The molecule has 6 rings (SSSR count). The molecule has 3 aliphatic heterocycles. The average molecular weight is 460 g/mol. The van der Waals surface area contributed by atoms with Gasteiger partial charge in [-0.3, -0.25) is 9.58 Å². The van der Waals surface area contributed by atoms with Crippen LogP contribution in [-0.2, 0) is 13.6 Å². The largest absolute Gasteiger partial charge is 0.497 e. The molecule has 3 saturated heterocycles. The zero-order valence-corrected chi connectivity index (χ0v) is 19.9. The number of hydrogen-bond acceptors (Lipinski definition) is 4. The molecule has 3 aliphatic rings. The molecule has 4 atom stereocenters. The monoisotopic (exact) mass is 459 g/mol. The van der Waals surface area contributed by atoms with Gasteiger partial charge >= 0.3 is 6.03 Å². The Labute approximate surface area is 201 Å². The molecule has 0 spiro atoms. The molecule has 0 aliphatic carbocycles. The number of aromatic nitrogens is 2. The van der Waals surface area contributed by atoms with Gasteiger partial charge < -0.3 is 15.4 Å². The van der Waals surface area contributed by atoms with Gasteiger partial charge in [0, 0.05) is 49.9 Å². The van der Waals surface area contributed by atoms with Gasteiger partial charge in [-0.05, 0) is 61.2 Å². The van der Waals surface area contributed by atoms with Crippen LogP contribution in [-0.4, -0.2) is 53.5 Å². The van der Waals surface area contributed by atoms with E-state index in [0.29, 0.717) is 31.0 Å². The van der Waals surface area contributed by atoms with Crippen molar-refractivity contribution in [2.45, 2.75) is 31.3 Å². The molecule has 2 N–H and O–H groups in total. The Morgan fingerprint density at radius 2 is 1.91 bits per heavy atom. The Bertz CT molecular complexity index is 1110. The number of ether oxygens (including phenoxy) is 1. The normalized spacial score (nSPS) is 23.5. The standard InChI is InChI=1S/C27H33N5O2/c1-31-26(15-25(30-31)20-8-10-23(34-2)11-9-20)24-18-32-13-12-21(24)14-22(32)17-29-27(33)28-16-19-6-4-3-5-7-19/h3-11,15,21-22,24H,12-14,16-18H2,1-2H3,(H2,28,29,33). The molecule has 1 aromatic heterocycles. The second-order valence-corrected chi connectivity index (χ2v) is 9.40. The minimum absolute atomic E-state index is 0.0983. The first kappa shape index (κ1) is 22.5. The van der Waals surface area contributed by atoms with Crippen LogP contribution in [0.2, 0.25) is 0 Å². The lowest BCUT2D eigenvalue weighted by Crippen LogP contribution is -2.56. The summed E-state index contributed by atoms with van der Waals surface area (Å²) in [6, 6.07) is 20.6. The molecule has 3 fully saturated rings. The van der Waals surface area contributed by atoms with Crippen LogP contribution in [0.1, 0.15) is 30.0 Å². The number of nitrogens with zero attached hydrogens (tertiary/aromatic N) is 3. The third-order valence-corrected chi connectivity index (χ3v) is 7.35. The first-order valence-electron chi connectivity index (χ1n) is 12.1. The van der Waals surface area contributed by atoms with Crippen LogP contribution in [0, 0.1) is 5.92 Å². The number of rotatable bonds is 7. The van der Waals surface area contributed by atoms with E-state index in [1.807, 2.05) is 42.5 Å². The van der Waals surface area contributed by atoms with Crippen molar-refractivity contribution in [2.75, 3.05) is 26.7 Å². The molecule has 2 aromatic carbocycles. The molecule has 4 heterocycles. The van der Waals surface area contributed by atoms with E-state index >= 15 is 0 Å². The van der Waals surface area contributed by atoms with Gasteiger partial charge in [0.05, 0.1) is 12.8 Å². The Kier molecular flexibility index (Phi) is 6.54. The third-order valence-electron chi connectivity index (χ3n) is 7.35. The van der Waals surface area contributed by atoms with E-state index in [1.165, 1.54) is 12.1 Å². The predicted molar refractivity (Wildman–Crippen MR) is 133 cm³/mol. The molecule has 7 nitrogen and oxygen atoms in total. The maximum atomic E-state index is 12.3. The van der Waals surface area contributed by atoms with Crippen molar-refractivity contribution in [1.82, 2.24) is 25.3 Å². The molecule has 0 saturated carbocycles. The minimum Gasteiger partial charge on any atom is -0.497 e. The van der Waals surface area contributed by atoms with Crippen molar-refractivity contribution >= 4 is 6.03 Å². The van der Waals surface area contributed by atoms with E-state index in [-0.39, 0.29) is 6.03 Å². The van der Waals surface area contributed by atoms with Crippen LogP contribution in [0.5, 0.6) is 5.75 Å². The lowest BCUT2D eigenvalue weighted by atomic mass is 9.74. The smallest absolute Gasteiger partial charge is 0.315 e. The minimum atomic E-state index is -0.0983. The van der Waals surface area contributed by atoms with Crippen molar-refractivity contribution in [3.05, 3.63) is 71.9 Å². The lowest BCUT2D eigenvalue weighted by molar-refractivity contribution is 0.0294. The van der Waals surface area contributed by atoms with Crippen LogP contribution in [0.3, 0.4) is 0 Å². The number of benzene rings is 2. The lowest BCUT2D eigenvalue weighted by Gasteiger charge is -2.49. The first-order valence-corrected chi connectivity index (χ1v) is 12.1. The molecule has 2 amide bonds. The van der Waals surface area contributed by atoms with Gasteiger partial charge in [0.2, 0.25) is 0 Å². The molecule has 178 valence electrons. The van der Waals surface area contributed by atoms with E-state index in [0.717, 1.165) is 42.1 Å². The number of amides is 2. The molecule has 7 heteroatoms. The van der Waals surface area contributed by atoms with Crippen LogP contribution in [0.4, 0.5) is 4.79 Å². The highest BCUT2D eigenvalue weighted by atomic mass is 16.5. The highest BCUT2D eigenvalue weighted by Crippen LogP contribution is 2.42. The number of fused-ring (bicyclic) bond motifs is 3. The van der Waals surface area contributed by atoms with E-state index < -0.39 is 0 Å². The molecular formula is C27H33N5O2. The van der Waals surface area contributed by atoms with Gasteiger partial charge in [0.1, 0.15) is 5.75 Å². The maximum Gasteiger partial charge on any atom is 0.315 e. The summed E-state index contributed by atoms with van der Waals surface area (Å²) in [7, 11) is 3.73. The summed E-state index contributed by atoms with van der Waals surface area (Å²) in [6.07, 6.45) is 2.30. The SMILES string of the molecule is COc1ccc(-c2cc(C3CN4CCC3CC4CNC(=O)NCc3ccccc3)n(C)n2)cc1. The summed E-state index contributed by atoms with van der Waals surface area (Å²) < 4.78 is 7.33. The van der Waals surface area contributed by atoms with Gasteiger partial charge in [-0.25, -0.2) is 4.79 Å². The summed E-state index contributed by atoms with van der Waals surface area (Å²) >= 11 is 0. The van der Waals surface area contributed by atoms with Crippen molar-refractivity contribution < 1.29 is 9.53 Å². The number of methoxy groups -OCH3 is 1. The second kappa shape index (κ2) is 9.89. The fourth-order valence-electron chi connectivity index (χ4n) is 5.47. The summed E-state index contributed by atoms with van der Waals surface area (Å²) in [5, 5.41) is 10.9. The van der Waals surface area contributed by atoms with E-state index in [2.05, 4.69) is 45.5 Å². The van der Waals surface area contributed by atoms with Crippen LogP contribution < -0.4 is 15.4 Å². The number of nitrogens with one attached hydrogen (secondary N) is 2. The summed E-state index contributed by atoms with van der Waals surface area (Å²) in [6.45, 7) is 3.35. The Morgan fingerprint density at radius 1 is 1.12 bits per heavy atom. The van der Waals surface area contributed by atoms with Gasteiger partial charge in [0.25, 0.3) is 0 Å².